The predicted octanol–water partition coefficient (Wildman–Crippen LogP) is 2.32. The molecule has 2 nitrogen and oxygen atoms in total. The van der Waals surface area contributed by atoms with Crippen molar-refractivity contribution in [3.63, 3.8) is 0 Å². The summed E-state index contributed by atoms with van der Waals surface area (Å²) >= 11 is 0. The maximum absolute atomic E-state index is 11.2. The molecule has 15 heavy (non-hydrogen) atoms. The smallest absolute Gasteiger partial charge is 0.330 e. The SMILES string of the molecule is C=CC(=O)O[C@H]1C=C[C@H]2[C@@H]3CC[C@@H](C3)[C@H]21. The summed E-state index contributed by atoms with van der Waals surface area (Å²) in [5.41, 5.74) is 0. The maximum atomic E-state index is 11.2. The first kappa shape index (κ1) is 9.20. The lowest BCUT2D eigenvalue weighted by molar-refractivity contribution is -0.143. The second-order valence-electron chi connectivity index (χ2n) is 4.98. The van der Waals surface area contributed by atoms with Crippen LogP contribution in [-0.4, -0.2) is 12.1 Å². The highest BCUT2D eigenvalue weighted by atomic mass is 16.5. The van der Waals surface area contributed by atoms with Crippen LogP contribution >= 0.6 is 0 Å². The van der Waals surface area contributed by atoms with Crippen LogP contribution in [0.1, 0.15) is 19.3 Å². The molecule has 2 heteroatoms. The van der Waals surface area contributed by atoms with Crippen molar-refractivity contribution in [3.8, 4) is 0 Å². The summed E-state index contributed by atoms with van der Waals surface area (Å²) in [5, 5.41) is 0. The number of hydrogen-bond donors (Lipinski definition) is 0. The second kappa shape index (κ2) is 3.22. The summed E-state index contributed by atoms with van der Waals surface area (Å²) in [6.45, 7) is 3.44. The molecule has 0 spiro atoms. The normalized spacial score (nSPS) is 45.5. The highest BCUT2D eigenvalue weighted by Crippen LogP contribution is 2.56. The molecule has 5 atom stereocenters. The number of fused-ring (bicyclic) bond motifs is 5. The van der Waals surface area contributed by atoms with Crippen LogP contribution in [0.5, 0.6) is 0 Å². The third-order valence-electron chi connectivity index (χ3n) is 4.37. The molecule has 0 amide bonds. The molecule has 0 aromatic carbocycles. The number of ether oxygens (including phenoxy) is 1. The lowest BCUT2D eigenvalue weighted by atomic mass is 9.80. The maximum Gasteiger partial charge on any atom is 0.330 e. The molecule has 0 aliphatic heterocycles. The largest absolute Gasteiger partial charge is 0.455 e. The van der Waals surface area contributed by atoms with E-state index in [9.17, 15) is 4.79 Å². The summed E-state index contributed by atoms with van der Waals surface area (Å²) in [6.07, 6.45) is 9.69. The highest BCUT2D eigenvalue weighted by molar-refractivity contribution is 5.81. The molecule has 2 fully saturated rings. The van der Waals surface area contributed by atoms with Crippen LogP contribution in [0.3, 0.4) is 0 Å². The summed E-state index contributed by atoms with van der Waals surface area (Å²) in [7, 11) is 0. The van der Waals surface area contributed by atoms with Crippen LogP contribution < -0.4 is 0 Å². The Labute approximate surface area is 90.0 Å². The molecular weight excluding hydrogens is 188 g/mol. The Morgan fingerprint density at radius 2 is 2.13 bits per heavy atom. The van der Waals surface area contributed by atoms with E-state index >= 15 is 0 Å². The molecule has 3 aliphatic carbocycles. The van der Waals surface area contributed by atoms with E-state index in [1.54, 1.807) is 0 Å². The summed E-state index contributed by atoms with van der Waals surface area (Å²) in [5.74, 6) is 2.63. The molecule has 3 aliphatic rings. The summed E-state index contributed by atoms with van der Waals surface area (Å²) < 4.78 is 5.38. The van der Waals surface area contributed by atoms with Crippen molar-refractivity contribution in [2.45, 2.75) is 25.4 Å². The van der Waals surface area contributed by atoms with Crippen molar-refractivity contribution in [2.24, 2.45) is 23.7 Å². The molecule has 0 unspecified atom stereocenters. The van der Waals surface area contributed by atoms with Crippen LogP contribution in [0.2, 0.25) is 0 Å². The van der Waals surface area contributed by atoms with Gasteiger partial charge in [-0.2, -0.15) is 0 Å². The minimum absolute atomic E-state index is 0.0239. The Bertz CT molecular complexity index is 331. The first-order chi connectivity index (χ1) is 7.29. The van der Waals surface area contributed by atoms with Gasteiger partial charge in [-0.15, -0.1) is 0 Å². The van der Waals surface area contributed by atoms with Crippen LogP contribution in [-0.2, 0) is 9.53 Å². The van der Waals surface area contributed by atoms with Gasteiger partial charge < -0.3 is 4.74 Å². The summed E-state index contributed by atoms with van der Waals surface area (Å²) in [6, 6.07) is 0. The Kier molecular flexibility index (Phi) is 1.98. The zero-order valence-corrected chi connectivity index (χ0v) is 8.76. The van der Waals surface area contributed by atoms with E-state index in [0.29, 0.717) is 11.8 Å². The van der Waals surface area contributed by atoms with Gasteiger partial charge in [0.25, 0.3) is 0 Å². The third-order valence-corrected chi connectivity index (χ3v) is 4.37. The van der Waals surface area contributed by atoms with Crippen molar-refractivity contribution in [2.75, 3.05) is 0 Å². The molecule has 3 rings (SSSR count). The van der Waals surface area contributed by atoms with Crippen molar-refractivity contribution in [3.05, 3.63) is 24.8 Å². The molecule has 0 N–H and O–H groups in total. The lowest BCUT2D eigenvalue weighted by Gasteiger charge is -2.28. The number of carbonyl (C=O) groups is 1. The van der Waals surface area contributed by atoms with E-state index in [1.165, 1.54) is 25.3 Å². The fourth-order valence-electron chi connectivity index (χ4n) is 3.82. The van der Waals surface area contributed by atoms with Gasteiger partial charge in [-0.05, 0) is 43.1 Å². The molecule has 0 aromatic heterocycles. The Hall–Kier alpha value is -1.05. The van der Waals surface area contributed by atoms with Crippen molar-refractivity contribution < 1.29 is 9.53 Å². The minimum Gasteiger partial charge on any atom is -0.455 e. The topological polar surface area (TPSA) is 26.3 Å². The van der Waals surface area contributed by atoms with Gasteiger partial charge in [0, 0.05) is 12.0 Å². The summed E-state index contributed by atoms with van der Waals surface area (Å²) in [4.78, 5) is 11.2. The number of rotatable bonds is 2. The van der Waals surface area contributed by atoms with Gasteiger partial charge in [0.15, 0.2) is 0 Å². The Morgan fingerprint density at radius 1 is 1.33 bits per heavy atom. The standard InChI is InChI=1S/C13H16O2/c1-2-12(14)15-11-6-5-10-8-3-4-9(7-8)13(10)11/h2,5-6,8-11,13H,1,3-4,7H2/t8-,9+,10+,11+,13-/m1/s1. The first-order valence-corrected chi connectivity index (χ1v) is 5.81. The number of allylic oxidation sites excluding steroid dienone is 1. The minimum atomic E-state index is -0.284. The molecule has 0 radical (unpaired) electrons. The van der Waals surface area contributed by atoms with Crippen LogP contribution in [0.15, 0.2) is 24.8 Å². The van der Waals surface area contributed by atoms with Gasteiger partial charge in [0.1, 0.15) is 6.10 Å². The lowest BCUT2D eigenvalue weighted by Crippen LogP contribution is -2.29. The van der Waals surface area contributed by atoms with Crippen molar-refractivity contribution in [1.29, 1.82) is 0 Å². The molecule has 0 aromatic rings. The van der Waals surface area contributed by atoms with E-state index < -0.39 is 0 Å². The molecule has 2 bridgehead atoms. The van der Waals surface area contributed by atoms with E-state index in [4.69, 9.17) is 4.74 Å². The van der Waals surface area contributed by atoms with Crippen LogP contribution in [0.4, 0.5) is 0 Å². The second-order valence-corrected chi connectivity index (χ2v) is 4.98. The fraction of sp³-hybridized carbons (Fsp3) is 0.615. The van der Waals surface area contributed by atoms with E-state index in [1.807, 2.05) is 0 Å². The monoisotopic (exact) mass is 204 g/mol. The zero-order chi connectivity index (χ0) is 10.4. The van der Waals surface area contributed by atoms with Gasteiger partial charge in [0.2, 0.25) is 0 Å². The first-order valence-electron chi connectivity index (χ1n) is 5.81. The van der Waals surface area contributed by atoms with Gasteiger partial charge in [-0.3, -0.25) is 0 Å². The van der Waals surface area contributed by atoms with Crippen molar-refractivity contribution in [1.82, 2.24) is 0 Å². The quantitative estimate of drug-likeness (QED) is 0.392. The van der Waals surface area contributed by atoms with Crippen LogP contribution in [0, 0.1) is 23.7 Å². The average Bonchev–Trinajstić information content (AvgIpc) is 2.89. The van der Waals surface area contributed by atoms with Crippen LogP contribution in [0.25, 0.3) is 0 Å². The average molecular weight is 204 g/mol. The van der Waals surface area contributed by atoms with Crippen molar-refractivity contribution >= 4 is 5.97 Å². The van der Waals surface area contributed by atoms with Gasteiger partial charge >= 0.3 is 5.97 Å². The Morgan fingerprint density at radius 3 is 2.93 bits per heavy atom. The predicted molar refractivity (Wildman–Crippen MR) is 57.0 cm³/mol. The van der Waals surface area contributed by atoms with Gasteiger partial charge in [-0.25, -0.2) is 4.79 Å². The molecule has 0 saturated heterocycles. The highest BCUT2D eigenvalue weighted by Gasteiger charge is 2.52. The fourth-order valence-corrected chi connectivity index (χ4v) is 3.82. The molecule has 2 saturated carbocycles. The number of hydrogen-bond acceptors (Lipinski definition) is 2. The van der Waals surface area contributed by atoms with E-state index in [0.717, 1.165) is 11.8 Å². The number of carbonyl (C=O) groups excluding carboxylic acids is 1. The Balaban J connectivity index is 1.75. The van der Waals surface area contributed by atoms with E-state index in [-0.39, 0.29) is 12.1 Å². The van der Waals surface area contributed by atoms with Gasteiger partial charge in [0.05, 0.1) is 0 Å². The zero-order valence-electron chi connectivity index (χ0n) is 8.76. The van der Waals surface area contributed by atoms with Gasteiger partial charge in [-0.1, -0.05) is 12.7 Å². The number of esters is 1. The molecular formula is C13H16O2. The molecule has 0 heterocycles. The molecule has 80 valence electrons. The van der Waals surface area contributed by atoms with E-state index in [2.05, 4.69) is 18.7 Å². The third kappa shape index (κ3) is 1.27.